The number of rotatable bonds is 13. The summed E-state index contributed by atoms with van der Waals surface area (Å²) in [6.07, 6.45) is 0.419. The number of aromatic nitrogens is 2. The van der Waals surface area contributed by atoms with Gasteiger partial charge in [0.15, 0.2) is 0 Å². The Hall–Kier alpha value is -2.87. The van der Waals surface area contributed by atoms with E-state index in [0.717, 1.165) is 35.7 Å². The van der Waals surface area contributed by atoms with Crippen molar-refractivity contribution in [3.63, 3.8) is 0 Å². The second-order valence-electron chi connectivity index (χ2n) is 7.95. The lowest BCUT2D eigenvalue weighted by Crippen LogP contribution is -2.35. The summed E-state index contributed by atoms with van der Waals surface area (Å²) in [5.74, 6) is 2.06. The molecule has 1 aromatic heterocycles. The largest absolute Gasteiger partial charge is 0.497 e. The third-order valence-corrected chi connectivity index (χ3v) is 5.30. The van der Waals surface area contributed by atoms with Gasteiger partial charge in [0, 0.05) is 25.8 Å². The zero-order valence-electron chi connectivity index (χ0n) is 20.0. The number of aliphatic hydroxyl groups is 1. The summed E-state index contributed by atoms with van der Waals surface area (Å²) in [7, 11) is 1.64. The molecule has 1 N–H and O–H groups in total. The Bertz CT molecular complexity index is 990. The predicted molar refractivity (Wildman–Crippen MR) is 129 cm³/mol. The average Bonchev–Trinajstić information content (AvgIpc) is 3.13. The van der Waals surface area contributed by atoms with Crippen LogP contribution in [0.15, 0.2) is 54.6 Å². The smallest absolute Gasteiger partial charge is 0.227 e. The van der Waals surface area contributed by atoms with Crippen LogP contribution >= 0.6 is 0 Å². The van der Waals surface area contributed by atoms with E-state index in [2.05, 4.69) is 11.8 Å². The minimum absolute atomic E-state index is 0.326. The first-order chi connectivity index (χ1) is 16.0. The van der Waals surface area contributed by atoms with Gasteiger partial charge in [-0.15, -0.1) is 0 Å². The Balaban J connectivity index is 1.96. The van der Waals surface area contributed by atoms with Crippen LogP contribution in [0.1, 0.15) is 31.5 Å². The molecule has 0 spiro atoms. The number of hydrogen-bond donors (Lipinski definition) is 1. The summed E-state index contributed by atoms with van der Waals surface area (Å²) in [5.41, 5.74) is 2.79. The number of benzene rings is 2. The minimum atomic E-state index is -0.552. The van der Waals surface area contributed by atoms with Gasteiger partial charge in [-0.2, -0.15) is 5.10 Å². The number of ether oxygens (including phenoxy) is 3. The Morgan fingerprint density at radius 3 is 2.52 bits per heavy atom. The molecule has 0 amide bonds. The van der Waals surface area contributed by atoms with E-state index in [1.165, 1.54) is 0 Å². The van der Waals surface area contributed by atoms with Crippen molar-refractivity contribution in [3.05, 3.63) is 65.9 Å². The highest BCUT2D eigenvalue weighted by Crippen LogP contribution is 2.33. The van der Waals surface area contributed by atoms with Gasteiger partial charge in [-0.05, 0) is 51.1 Å². The van der Waals surface area contributed by atoms with Crippen molar-refractivity contribution in [1.82, 2.24) is 14.7 Å². The van der Waals surface area contributed by atoms with E-state index in [1.54, 1.807) is 7.11 Å². The monoisotopic (exact) mass is 453 g/mol. The lowest BCUT2D eigenvalue weighted by atomic mass is 10.2. The van der Waals surface area contributed by atoms with E-state index in [1.807, 2.05) is 73.1 Å². The topological polar surface area (TPSA) is 69.0 Å². The number of para-hydroxylation sites is 1. The minimum Gasteiger partial charge on any atom is -0.497 e. The highest BCUT2D eigenvalue weighted by Gasteiger charge is 2.22. The lowest BCUT2D eigenvalue weighted by molar-refractivity contribution is 0.0195. The summed E-state index contributed by atoms with van der Waals surface area (Å²) < 4.78 is 19.0. The van der Waals surface area contributed by atoms with E-state index in [9.17, 15) is 5.11 Å². The van der Waals surface area contributed by atoms with Crippen molar-refractivity contribution in [1.29, 1.82) is 0 Å². The molecule has 0 fully saturated rings. The molecule has 0 aliphatic heterocycles. The van der Waals surface area contributed by atoms with E-state index in [4.69, 9.17) is 19.3 Å². The summed E-state index contributed by atoms with van der Waals surface area (Å²) in [6.45, 7) is 8.94. The van der Waals surface area contributed by atoms with Crippen LogP contribution in [0.25, 0.3) is 5.69 Å². The first kappa shape index (κ1) is 24.8. The maximum atomic E-state index is 10.4. The molecule has 1 heterocycles. The molecule has 0 bridgehead atoms. The third kappa shape index (κ3) is 6.81. The molecule has 7 heteroatoms. The summed E-state index contributed by atoms with van der Waals surface area (Å²) in [5, 5.41) is 15.2. The van der Waals surface area contributed by atoms with Gasteiger partial charge in [-0.1, -0.05) is 31.2 Å². The van der Waals surface area contributed by atoms with Crippen LogP contribution in [0.5, 0.6) is 17.4 Å². The van der Waals surface area contributed by atoms with Gasteiger partial charge in [-0.3, -0.25) is 4.90 Å². The number of methoxy groups -OCH3 is 1. The van der Waals surface area contributed by atoms with Gasteiger partial charge in [0.25, 0.3) is 0 Å². The van der Waals surface area contributed by atoms with Crippen molar-refractivity contribution in [2.24, 2.45) is 0 Å². The normalized spacial score (nSPS) is 12.2. The van der Waals surface area contributed by atoms with Crippen molar-refractivity contribution >= 4 is 0 Å². The van der Waals surface area contributed by atoms with Gasteiger partial charge in [0.2, 0.25) is 5.88 Å². The third-order valence-electron chi connectivity index (χ3n) is 5.30. The van der Waals surface area contributed by atoms with Crippen LogP contribution in [-0.4, -0.2) is 59.3 Å². The molecule has 7 nitrogen and oxygen atoms in total. The first-order valence-corrected chi connectivity index (χ1v) is 11.5. The van der Waals surface area contributed by atoms with Crippen LogP contribution in [0, 0.1) is 6.92 Å². The van der Waals surface area contributed by atoms with Crippen molar-refractivity contribution < 1.29 is 19.3 Å². The van der Waals surface area contributed by atoms with E-state index >= 15 is 0 Å². The number of hydrogen-bond acceptors (Lipinski definition) is 6. The molecule has 33 heavy (non-hydrogen) atoms. The van der Waals surface area contributed by atoms with Crippen molar-refractivity contribution in [3.8, 4) is 23.1 Å². The van der Waals surface area contributed by atoms with Crippen molar-refractivity contribution in [2.75, 3.05) is 33.4 Å². The van der Waals surface area contributed by atoms with Gasteiger partial charge >= 0.3 is 0 Å². The van der Waals surface area contributed by atoms with E-state index in [0.29, 0.717) is 37.9 Å². The molecule has 0 radical (unpaired) electrons. The second-order valence-corrected chi connectivity index (χ2v) is 7.95. The fraction of sp³-hybridized carbons (Fsp3) is 0.423. The Labute approximate surface area is 196 Å². The maximum Gasteiger partial charge on any atom is 0.227 e. The van der Waals surface area contributed by atoms with Crippen LogP contribution in [0.2, 0.25) is 0 Å². The standard InChI is InChI=1S/C26H35N3O4/c1-5-15-28(17-22(30)19-32-6-2)18-25-20(3)27-29(21-11-8-7-9-12-21)26(25)33-24-14-10-13-23(16-24)31-4/h7-14,16,22,30H,5-6,15,17-19H2,1-4H3/t22-/m1/s1. The van der Waals surface area contributed by atoms with Crippen LogP contribution < -0.4 is 9.47 Å². The summed E-state index contributed by atoms with van der Waals surface area (Å²) in [4.78, 5) is 2.22. The van der Waals surface area contributed by atoms with Gasteiger partial charge in [-0.25, -0.2) is 4.68 Å². The summed E-state index contributed by atoms with van der Waals surface area (Å²) >= 11 is 0. The van der Waals surface area contributed by atoms with Crippen molar-refractivity contribution in [2.45, 2.75) is 39.8 Å². The van der Waals surface area contributed by atoms with Gasteiger partial charge in [0.1, 0.15) is 11.5 Å². The zero-order chi connectivity index (χ0) is 23.6. The van der Waals surface area contributed by atoms with Crippen LogP contribution in [0.4, 0.5) is 0 Å². The second kappa shape index (κ2) is 12.4. The number of nitrogens with zero attached hydrogens (tertiary/aromatic N) is 3. The average molecular weight is 454 g/mol. The molecule has 2 aromatic carbocycles. The van der Waals surface area contributed by atoms with Gasteiger partial charge in [0.05, 0.1) is 36.8 Å². The molecular weight excluding hydrogens is 418 g/mol. The maximum absolute atomic E-state index is 10.4. The molecule has 178 valence electrons. The van der Waals surface area contributed by atoms with Gasteiger partial charge < -0.3 is 19.3 Å². The molecular formula is C26H35N3O4. The summed E-state index contributed by atoms with van der Waals surface area (Å²) in [6, 6.07) is 17.5. The van der Waals surface area contributed by atoms with Crippen LogP contribution in [0.3, 0.4) is 0 Å². The SMILES string of the molecule is CCCN(Cc1c(C)nn(-c2ccccc2)c1Oc1cccc(OC)c1)C[C@@H](O)COCC. The molecule has 0 aliphatic carbocycles. The van der Waals surface area contributed by atoms with E-state index < -0.39 is 6.10 Å². The molecule has 0 unspecified atom stereocenters. The molecule has 1 atom stereocenters. The molecule has 0 aliphatic rings. The Morgan fingerprint density at radius 2 is 1.82 bits per heavy atom. The highest BCUT2D eigenvalue weighted by atomic mass is 16.5. The quantitative estimate of drug-likeness (QED) is 0.408. The highest BCUT2D eigenvalue weighted by molar-refractivity contribution is 5.44. The van der Waals surface area contributed by atoms with E-state index in [-0.39, 0.29) is 0 Å². The zero-order valence-corrected chi connectivity index (χ0v) is 20.0. The lowest BCUT2D eigenvalue weighted by Gasteiger charge is -2.25. The molecule has 3 rings (SSSR count). The molecule has 0 saturated carbocycles. The Morgan fingerprint density at radius 1 is 1.06 bits per heavy atom. The number of aryl methyl sites for hydroxylation is 1. The fourth-order valence-corrected chi connectivity index (χ4v) is 3.73. The molecule has 0 saturated heterocycles. The molecule has 3 aromatic rings. The fourth-order valence-electron chi connectivity index (χ4n) is 3.73. The first-order valence-electron chi connectivity index (χ1n) is 11.5. The van der Waals surface area contributed by atoms with Crippen LogP contribution in [-0.2, 0) is 11.3 Å². The predicted octanol–water partition coefficient (Wildman–Crippen LogP) is 4.59. The Kier molecular flexibility index (Phi) is 9.30. The number of aliphatic hydroxyl groups excluding tert-OH is 1.